The van der Waals surface area contributed by atoms with Gasteiger partial charge in [-0.3, -0.25) is 0 Å². The molecular weight excluding hydrogens is 413 g/mol. The molecule has 0 unspecified atom stereocenters. The van der Waals surface area contributed by atoms with E-state index in [1.165, 1.54) is 12.1 Å². The molecule has 2 heterocycles. The molecule has 0 spiro atoms. The lowest BCUT2D eigenvalue weighted by molar-refractivity contribution is -0.137. The highest BCUT2D eigenvalue weighted by atomic mass is 35.5. The van der Waals surface area contributed by atoms with E-state index < -0.39 is 11.7 Å². The van der Waals surface area contributed by atoms with Gasteiger partial charge in [-0.25, -0.2) is 4.98 Å². The average molecular weight is 427 g/mol. The highest BCUT2D eigenvalue weighted by Gasteiger charge is 2.29. The van der Waals surface area contributed by atoms with Gasteiger partial charge in [0.25, 0.3) is 0 Å². The Hall–Kier alpha value is -3.21. The average Bonchev–Trinajstić information content (AvgIpc) is 3.19. The smallest absolute Gasteiger partial charge is 0.416 e. The van der Waals surface area contributed by atoms with Crippen molar-refractivity contribution in [1.82, 2.24) is 25.6 Å². The third-order valence-corrected chi connectivity index (χ3v) is 3.95. The fourth-order valence-corrected chi connectivity index (χ4v) is 2.48. The van der Waals surface area contributed by atoms with Gasteiger partial charge in [-0.15, -0.1) is 10.2 Å². The van der Waals surface area contributed by atoms with Gasteiger partial charge in [0.15, 0.2) is 6.61 Å². The maximum absolute atomic E-state index is 12.6. The first-order chi connectivity index (χ1) is 13.8. The van der Waals surface area contributed by atoms with Crippen molar-refractivity contribution in [3.8, 4) is 5.88 Å². The molecular formula is C17H14ClF3N6O2. The van der Waals surface area contributed by atoms with Crippen LogP contribution in [-0.4, -0.2) is 31.3 Å². The van der Waals surface area contributed by atoms with Crippen molar-refractivity contribution >= 4 is 17.3 Å². The molecule has 0 aliphatic carbocycles. The Morgan fingerprint density at radius 2 is 1.90 bits per heavy atom. The van der Waals surface area contributed by atoms with Gasteiger partial charge in [-0.1, -0.05) is 34.1 Å². The van der Waals surface area contributed by atoms with Crippen LogP contribution in [0.4, 0.5) is 13.2 Å². The zero-order valence-corrected chi connectivity index (χ0v) is 15.7. The number of ether oxygens (including phenoxy) is 1. The lowest BCUT2D eigenvalue weighted by Crippen LogP contribution is -2.05. The number of halogens is 4. The van der Waals surface area contributed by atoms with E-state index in [0.717, 1.165) is 12.1 Å². The van der Waals surface area contributed by atoms with Crippen LogP contribution in [-0.2, 0) is 24.2 Å². The van der Waals surface area contributed by atoms with Crippen LogP contribution in [0.15, 0.2) is 41.6 Å². The number of alkyl halides is 3. The Bertz CT molecular complexity index is 978. The Labute approximate surface area is 167 Å². The van der Waals surface area contributed by atoms with Gasteiger partial charge in [0, 0.05) is 11.6 Å². The summed E-state index contributed by atoms with van der Waals surface area (Å²) in [5.41, 5.74) is 0.787. The summed E-state index contributed by atoms with van der Waals surface area (Å²) < 4.78 is 43.1. The summed E-state index contributed by atoms with van der Waals surface area (Å²) in [6, 6.07) is 7.89. The van der Waals surface area contributed by atoms with E-state index >= 15 is 0 Å². The number of tetrazole rings is 1. The lowest BCUT2D eigenvalue weighted by atomic mass is 10.1. The second kappa shape index (κ2) is 8.86. The number of aromatic amines is 1. The molecule has 0 saturated heterocycles. The molecule has 1 N–H and O–H groups in total. The third-order valence-electron chi connectivity index (χ3n) is 3.67. The van der Waals surface area contributed by atoms with Crippen LogP contribution in [0.25, 0.3) is 0 Å². The van der Waals surface area contributed by atoms with E-state index in [2.05, 4.69) is 30.8 Å². The zero-order chi connectivity index (χ0) is 20.9. The summed E-state index contributed by atoms with van der Waals surface area (Å²) >= 11 is 6.16. The Morgan fingerprint density at radius 3 is 2.52 bits per heavy atom. The van der Waals surface area contributed by atoms with Crippen LogP contribution in [0.5, 0.6) is 5.88 Å². The molecule has 1 aromatic carbocycles. The van der Waals surface area contributed by atoms with E-state index in [-0.39, 0.29) is 24.2 Å². The Kier molecular flexibility index (Phi) is 6.27. The summed E-state index contributed by atoms with van der Waals surface area (Å²) in [6.07, 6.45) is -4.38. The second-order valence-corrected chi connectivity index (χ2v) is 6.11. The topological polar surface area (TPSA) is 98.2 Å². The predicted octanol–water partition coefficient (Wildman–Crippen LogP) is 3.79. The monoisotopic (exact) mass is 426 g/mol. The Morgan fingerprint density at radius 1 is 1.14 bits per heavy atom. The van der Waals surface area contributed by atoms with Crippen molar-refractivity contribution in [3.63, 3.8) is 0 Å². The van der Waals surface area contributed by atoms with Gasteiger partial charge in [0.2, 0.25) is 11.7 Å². The number of hydrogen-bond donors (Lipinski definition) is 1. The van der Waals surface area contributed by atoms with Crippen LogP contribution < -0.4 is 4.74 Å². The first kappa shape index (κ1) is 20.5. The van der Waals surface area contributed by atoms with Crippen LogP contribution in [0.3, 0.4) is 0 Å². The van der Waals surface area contributed by atoms with Crippen molar-refractivity contribution in [1.29, 1.82) is 0 Å². The van der Waals surface area contributed by atoms with Crippen LogP contribution in [0.1, 0.15) is 29.4 Å². The first-order valence-electron chi connectivity index (χ1n) is 8.17. The van der Waals surface area contributed by atoms with E-state index in [1.807, 2.05) is 0 Å². The maximum atomic E-state index is 12.6. The number of hydrogen-bond acceptors (Lipinski definition) is 7. The molecule has 2 aromatic heterocycles. The number of aromatic nitrogens is 5. The second-order valence-electron chi connectivity index (χ2n) is 5.75. The van der Waals surface area contributed by atoms with E-state index in [0.29, 0.717) is 22.7 Å². The summed E-state index contributed by atoms with van der Waals surface area (Å²) in [4.78, 5) is 9.31. The highest BCUT2D eigenvalue weighted by Crippen LogP contribution is 2.29. The van der Waals surface area contributed by atoms with Crippen LogP contribution >= 0.6 is 11.6 Å². The molecule has 0 aliphatic rings. The number of rotatable bonds is 7. The molecule has 152 valence electrons. The number of oxime groups is 1. The number of nitrogens with one attached hydrogen (secondary N) is 1. The van der Waals surface area contributed by atoms with Gasteiger partial charge < -0.3 is 9.57 Å². The third kappa shape index (κ3) is 5.64. The lowest BCUT2D eigenvalue weighted by Gasteiger charge is -2.08. The number of benzene rings is 1. The molecule has 8 nitrogen and oxygen atoms in total. The fraction of sp³-hybridized carbons (Fsp3) is 0.235. The molecule has 0 bridgehead atoms. The van der Waals surface area contributed by atoms with Gasteiger partial charge in [0.05, 0.1) is 11.3 Å². The van der Waals surface area contributed by atoms with Crippen LogP contribution in [0.2, 0.25) is 5.15 Å². The molecule has 0 aliphatic heterocycles. The summed E-state index contributed by atoms with van der Waals surface area (Å²) in [7, 11) is 0. The normalized spacial score (nSPS) is 12.1. The minimum absolute atomic E-state index is 0.00637. The van der Waals surface area contributed by atoms with Crippen LogP contribution in [0, 0.1) is 0 Å². The summed E-state index contributed by atoms with van der Waals surface area (Å²) in [6.45, 7) is 1.74. The summed E-state index contributed by atoms with van der Waals surface area (Å²) in [5.74, 6) is 0.628. The zero-order valence-electron chi connectivity index (χ0n) is 14.9. The standard InChI is InChI=1S/C17H14ClF3N6O2/c1-10(25-29-8-11-2-4-12(5-3-11)17(19,20)21)13-6-7-15(22-16(13)18)28-9-14-23-26-27-24-14/h2-7H,8-9H2,1H3,(H,23,24,26,27)/b25-10+. The predicted molar refractivity (Wildman–Crippen MR) is 96.2 cm³/mol. The van der Waals surface area contributed by atoms with E-state index in [1.54, 1.807) is 19.1 Å². The number of pyridine rings is 1. The molecule has 0 saturated carbocycles. The van der Waals surface area contributed by atoms with Gasteiger partial charge >= 0.3 is 6.18 Å². The van der Waals surface area contributed by atoms with Crippen molar-refractivity contribution in [2.45, 2.75) is 26.3 Å². The number of H-pyrrole nitrogens is 1. The van der Waals surface area contributed by atoms with E-state index in [4.69, 9.17) is 21.2 Å². The minimum Gasteiger partial charge on any atom is -0.469 e. The van der Waals surface area contributed by atoms with Crippen molar-refractivity contribution in [2.24, 2.45) is 5.16 Å². The molecule has 29 heavy (non-hydrogen) atoms. The van der Waals surface area contributed by atoms with Gasteiger partial charge in [0.1, 0.15) is 11.8 Å². The van der Waals surface area contributed by atoms with Gasteiger partial charge in [-0.05, 0) is 30.7 Å². The first-order valence-corrected chi connectivity index (χ1v) is 8.55. The molecule has 3 rings (SSSR count). The molecule has 0 fully saturated rings. The molecule has 3 aromatic rings. The van der Waals surface area contributed by atoms with Gasteiger partial charge in [-0.2, -0.15) is 18.4 Å². The molecule has 0 atom stereocenters. The summed E-state index contributed by atoms with van der Waals surface area (Å²) in [5, 5.41) is 17.3. The largest absolute Gasteiger partial charge is 0.469 e. The minimum atomic E-state index is -4.38. The SMILES string of the molecule is C/C(=N\OCc1ccc(C(F)(F)F)cc1)c1ccc(OCc2nn[nH]n2)nc1Cl. The van der Waals surface area contributed by atoms with Crippen molar-refractivity contribution in [3.05, 3.63) is 64.1 Å². The molecule has 0 radical (unpaired) electrons. The fourth-order valence-electron chi connectivity index (χ4n) is 2.19. The van der Waals surface area contributed by atoms with E-state index in [9.17, 15) is 13.2 Å². The molecule has 0 amide bonds. The maximum Gasteiger partial charge on any atom is 0.416 e. The quantitative estimate of drug-likeness (QED) is 0.350. The Balaban J connectivity index is 1.57. The van der Waals surface area contributed by atoms with Crippen molar-refractivity contribution < 1.29 is 22.7 Å². The highest BCUT2D eigenvalue weighted by molar-refractivity contribution is 6.33. The molecule has 12 heteroatoms. The number of nitrogens with zero attached hydrogens (tertiary/aromatic N) is 5. The van der Waals surface area contributed by atoms with Crippen molar-refractivity contribution in [2.75, 3.05) is 0 Å².